The van der Waals surface area contributed by atoms with Gasteiger partial charge in [-0.2, -0.15) is 0 Å². The summed E-state index contributed by atoms with van der Waals surface area (Å²) in [7, 11) is -4.48. The maximum absolute atomic E-state index is 10.6. The molecule has 2 N–H and O–H groups in total. The second-order valence-corrected chi connectivity index (χ2v) is 3.64. The lowest BCUT2D eigenvalue weighted by atomic mass is 10.4. The average molecular weight is 212 g/mol. The fraction of sp³-hybridized carbons (Fsp3) is 0.833. The minimum atomic E-state index is -4.48. The predicted molar refractivity (Wildman–Crippen MR) is 43.8 cm³/mol. The highest BCUT2D eigenvalue weighted by Gasteiger charge is 2.19. The molecule has 0 spiro atoms. The van der Waals surface area contributed by atoms with Crippen molar-refractivity contribution in [2.75, 3.05) is 6.61 Å². The van der Waals surface area contributed by atoms with Gasteiger partial charge < -0.3 is 14.5 Å². The van der Waals surface area contributed by atoms with E-state index in [9.17, 15) is 9.36 Å². The fourth-order valence-corrected chi connectivity index (χ4v) is 1.11. The Hall–Kier alpha value is -0.420. The van der Waals surface area contributed by atoms with Gasteiger partial charge in [0.15, 0.2) is 0 Å². The van der Waals surface area contributed by atoms with Crippen LogP contribution in [0.3, 0.4) is 0 Å². The third-order valence-electron chi connectivity index (χ3n) is 1.08. The Morgan fingerprint density at radius 1 is 1.54 bits per heavy atom. The van der Waals surface area contributed by atoms with Crippen LogP contribution in [0.25, 0.3) is 0 Å². The van der Waals surface area contributed by atoms with Crippen LogP contribution in [0.5, 0.6) is 0 Å². The normalized spacial score (nSPS) is 13.8. The van der Waals surface area contributed by atoms with Crippen molar-refractivity contribution in [3.63, 3.8) is 0 Å². The number of carbonyl (C=O) groups excluding carboxylic acids is 1. The molecule has 0 radical (unpaired) electrons. The van der Waals surface area contributed by atoms with Gasteiger partial charge in [0, 0.05) is 6.42 Å². The zero-order valence-corrected chi connectivity index (χ0v) is 8.36. The highest BCUT2D eigenvalue weighted by atomic mass is 31.2. The van der Waals surface area contributed by atoms with Crippen molar-refractivity contribution < 1.29 is 28.4 Å². The van der Waals surface area contributed by atoms with E-state index in [4.69, 9.17) is 9.79 Å². The molecule has 7 heteroatoms. The Morgan fingerprint density at radius 3 is 2.46 bits per heavy atom. The zero-order valence-electron chi connectivity index (χ0n) is 7.47. The lowest BCUT2D eigenvalue weighted by molar-refractivity contribution is -0.145. The summed E-state index contributed by atoms with van der Waals surface area (Å²) < 4.78 is 19.1. The maximum Gasteiger partial charge on any atom is 0.469 e. The largest absolute Gasteiger partial charge is 0.469 e. The minimum Gasteiger partial charge on any atom is -0.463 e. The van der Waals surface area contributed by atoms with Gasteiger partial charge in [-0.25, -0.2) is 4.57 Å². The Kier molecular flexibility index (Phi) is 5.17. The number of hydrogen-bond acceptors (Lipinski definition) is 4. The van der Waals surface area contributed by atoms with Gasteiger partial charge in [-0.05, 0) is 6.92 Å². The summed E-state index contributed by atoms with van der Waals surface area (Å²) in [6.45, 7) is 2.87. The first kappa shape index (κ1) is 12.6. The summed E-state index contributed by atoms with van der Waals surface area (Å²) in [5.41, 5.74) is 0. The third-order valence-corrected chi connectivity index (χ3v) is 1.72. The number of hydrogen-bond donors (Lipinski definition) is 2. The Morgan fingerprint density at radius 2 is 2.08 bits per heavy atom. The number of carbonyl (C=O) groups is 1. The standard InChI is InChI=1S/C6H13O6P/c1-3-6(7)11-4-5(2)12-13(8,9)10/h5H,3-4H2,1-2H3,(H2,8,9,10). The first-order chi connectivity index (χ1) is 5.85. The van der Waals surface area contributed by atoms with Crippen molar-refractivity contribution in [1.82, 2.24) is 0 Å². The van der Waals surface area contributed by atoms with Gasteiger partial charge in [0.1, 0.15) is 12.7 Å². The van der Waals surface area contributed by atoms with Crippen LogP contribution in [0, 0.1) is 0 Å². The van der Waals surface area contributed by atoms with Crippen molar-refractivity contribution >= 4 is 13.8 Å². The van der Waals surface area contributed by atoms with Crippen LogP contribution in [0.1, 0.15) is 20.3 Å². The van der Waals surface area contributed by atoms with E-state index in [-0.39, 0.29) is 13.0 Å². The van der Waals surface area contributed by atoms with E-state index in [2.05, 4.69) is 9.26 Å². The minimum absolute atomic E-state index is 0.155. The Labute approximate surface area is 76.1 Å². The molecule has 0 saturated heterocycles. The molecule has 0 aromatic heterocycles. The molecule has 0 heterocycles. The number of phosphoric acid groups is 1. The van der Waals surface area contributed by atoms with E-state index < -0.39 is 19.9 Å². The van der Waals surface area contributed by atoms with Crippen LogP contribution in [-0.2, 0) is 18.6 Å². The van der Waals surface area contributed by atoms with E-state index in [0.717, 1.165) is 0 Å². The highest BCUT2D eigenvalue weighted by molar-refractivity contribution is 7.46. The van der Waals surface area contributed by atoms with Crippen molar-refractivity contribution in [2.24, 2.45) is 0 Å². The van der Waals surface area contributed by atoms with Gasteiger partial charge in [-0.15, -0.1) is 0 Å². The number of rotatable bonds is 5. The molecule has 0 rings (SSSR count). The van der Waals surface area contributed by atoms with Crippen LogP contribution in [-0.4, -0.2) is 28.5 Å². The molecule has 0 fully saturated rings. The molecular weight excluding hydrogens is 199 g/mol. The van der Waals surface area contributed by atoms with Crippen LogP contribution in [0.4, 0.5) is 0 Å². The Bertz CT molecular complexity index is 209. The molecule has 6 nitrogen and oxygen atoms in total. The average Bonchev–Trinajstić information content (AvgIpc) is 1.97. The van der Waals surface area contributed by atoms with Crippen LogP contribution in [0.15, 0.2) is 0 Å². The van der Waals surface area contributed by atoms with E-state index in [1.165, 1.54) is 6.92 Å². The zero-order chi connectivity index (χ0) is 10.5. The number of ether oxygens (including phenoxy) is 1. The molecule has 0 bridgehead atoms. The van der Waals surface area contributed by atoms with Gasteiger partial charge >= 0.3 is 13.8 Å². The van der Waals surface area contributed by atoms with E-state index in [0.29, 0.717) is 0 Å². The molecule has 13 heavy (non-hydrogen) atoms. The van der Waals surface area contributed by atoms with E-state index >= 15 is 0 Å². The monoisotopic (exact) mass is 212 g/mol. The summed E-state index contributed by atoms with van der Waals surface area (Å²) in [4.78, 5) is 27.3. The molecular formula is C6H13O6P. The van der Waals surface area contributed by atoms with Crippen molar-refractivity contribution in [1.29, 1.82) is 0 Å². The van der Waals surface area contributed by atoms with Gasteiger partial charge in [-0.1, -0.05) is 6.92 Å². The van der Waals surface area contributed by atoms with Gasteiger partial charge in [0.05, 0.1) is 0 Å². The summed E-state index contributed by atoms with van der Waals surface area (Å²) in [5.74, 6) is -0.429. The summed E-state index contributed by atoms with van der Waals surface area (Å²) >= 11 is 0. The maximum atomic E-state index is 10.6. The predicted octanol–water partition coefficient (Wildman–Crippen LogP) is 0.437. The molecule has 0 aliphatic rings. The van der Waals surface area contributed by atoms with Gasteiger partial charge in [-0.3, -0.25) is 9.32 Å². The lowest BCUT2D eigenvalue weighted by Crippen LogP contribution is -2.17. The summed E-state index contributed by atoms with van der Waals surface area (Å²) in [6, 6.07) is 0. The highest BCUT2D eigenvalue weighted by Crippen LogP contribution is 2.37. The van der Waals surface area contributed by atoms with E-state index in [1.54, 1.807) is 6.92 Å². The second-order valence-electron chi connectivity index (χ2n) is 2.44. The smallest absolute Gasteiger partial charge is 0.463 e. The number of esters is 1. The van der Waals surface area contributed by atoms with Crippen molar-refractivity contribution in [3.05, 3.63) is 0 Å². The van der Waals surface area contributed by atoms with Crippen LogP contribution >= 0.6 is 7.82 Å². The number of phosphoric ester groups is 1. The second kappa shape index (κ2) is 5.34. The van der Waals surface area contributed by atoms with Crippen molar-refractivity contribution in [3.8, 4) is 0 Å². The first-order valence-electron chi connectivity index (χ1n) is 3.74. The molecule has 0 saturated carbocycles. The molecule has 1 unspecified atom stereocenters. The van der Waals surface area contributed by atoms with Crippen LogP contribution in [0.2, 0.25) is 0 Å². The topological polar surface area (TPSA) is 93.1 Å². The third kappa shape index (κ3) is 7.93. The van der Waals surface area contributed by atoms with Crippen molar-refractivity contribution in [2.45, 2.75) is 26.4 Å². The van der Waals surface area contributed by atoms with E-state index in [1.807, 2.05) is 0 Å². The molecule has 0 aliphatic carbocycles. The molecule has 78 valence electrons. The molecule has 0 aromatic rings. The molecule has 0 aliphatic heterocycles. The SMILES string of the molecule is CCC(=O)OCC(C)OP(=O)(O)O. The summed E-state index contributed by atoms with van der Waals surface area (Å²) in [6.07, 6.45) is -0.584. The lowest BCUT2D eigenvalue weighted by Gasteiger charge is -2.13. The molecule has 0 amide bonds. The fourth-order valence-electron chi connectivity index (χ4n) is 0.577. The Balaban J connectivity index is 3.70. The summed E-state index contributed by atoms with van der Waals surface area (Å²) in [5, 5.41) is 0. The molecule has 1 atom stereocenters. The van der Waals surface area contributed by atoms with Gasteiger partial charge in [0.25, 0.3) is 0 Å². The van der Waals surface area contributed by atoms with Gasteiger partial charge in [0.2, 0.25) is 0 Å². The first-order valence-corrected chi connectivity index (χ1v) is 5.27. The molecule has 0 aromatic carbocycles. The van der Waals surface area contributed by atoms with Crippen LogP contribution < -0.4 is 0 Å². The quantitative estimate of drug-likeness (QED) is 0.507.